The number of phenols is 2. The van der Waals surface area contributed by atoms with Crippen LogP contribution in [0.4, 0.5) is 0 Å². The number of fused-ring (bicyclic) bond motifs is 2. The summed E-state index contributed by atoms with van der Waals surface area (Å²) in [7, 11) is 0. The Morgan fingerprint density at radius 1 is 0.552 bits per heavy atom. The molecule has 0 heterocycles. The summed E-state index contributed by atoms with van der Waals surface area (Å²) in [5, 5.41) is 21.7. The molecule has 2 aliphatic rings. The molecule has 2 nitrogen and oxygen atoms in total. The summed E-state index contributed by atoms with van der Waals surface area (Å²) in [5.74, 6) is 0.683. The van der Waals surface area contributed by atoms with Crippen LogP contribution < -0.4 is 0 Å². The first kappa shape index (κ1) is 20.3. The molecular formula is C27H36O2. The molecule has 29 heavy (non-hydrogen) atoms. The third-order valence-electron chi connectivity index (χ3n) is 7.50. The normalized spacial score (nSPS) is 22.3. The third kappa shape index (κ3) is 3.07. The summed E-state index contributed by atoms with van der Waals surface area (Å²) in [4.78, 5) is 0. The second kappa shape index (κ2) is 5.80. The van der Waals surface area contributed by atoms with Crippen molar-refractivity contribution in [1.82, 2.24) is 0 Å². The van der Waals surface area contributed by atoms with E-state index in [-0.39, 0.29) is 21.7 Å². The van der Waals surface area contributed by atoms with E-state index in [4.69, 9.17) is 0 Å². The van der Waals surface area contributed by atoms with Crippen LogP contribution >= 0.6 is 0 Å². The summed E-state index contributed by atoms with van der Waals surface area (Å²) in [6, 6.07) is 8.30. The van der Waals surface area contributed by atoms with Crippen molar-refractivity contribution in [2.24, 2.45) is 0 Å². The van der Waals surface area contributed by atoms with E-state index >= 15 is 0 Å². The lowest BCUT2D eigenvalue weighted by molar-refractivity contribution is 0.402. The lowest BCUT2D eigenvalue weighted by atomic mass is 9.82. The zero-order valence-electron chi connectivity index (χ0n) is 19.3. The number of hydrogen-bond acceptors (Lipinski definition) is 2. The Morgan fingerprint density at radius 3 is 1.14 bits per heavy atom. The number of rotatable bonds is 2. The van der Waals surface area contributed by atoms with Gasteiger partial charge in [-0.05, 0) is 80.0 Å². The molecule has 0 spiro atoms. The Bertz CT molecular complexity index is 924. The van der Waals surface area contributed by atoms with Crippen molar-refractivity contribution in [3.8, 4) is 11.5 Å². The minimum absolute atomic E-state index is 0.0696. The summed E-state index contributed by atoms with van der Waals surface area (Å²) >= 11 is 0. The van der Waals surface area contributed by atoms with E-state index in [0.29, 0.717) is 17.9 Å². The zero-order valence-corrected chi connectivity index (χ0v) is 19.3. The minimum atomic E-state index is 0.0696. The Kier molecular flexibility index (Phi) is 4.07. The first-order chi connectivity index (χ1) is 13.1. The van der Waals surface area contributed by atoms with E-state index in [9.17, 15) is 10.2 Å². The smallest absolute Gasteiger partial charge is 0.119 e. The Morgan fingerprint density at radius 2 is 0.828 bits per heavy atom. The van der Waals surface area contributed by atoms with E-state index in [1.807, 2.05) is 12.1 Å². The van der Waals surface area contributed by atoms with Gasteiger partial charge < -0.3 is 10.2 Å². The van der Waals surface area contributed by atoms with E-state index in [1.54, 1.807) is 0 Å². The molecule has 0 bridgehead atoms. The molecule has 0 saturated carbocycles. The van der Waals surface area contributed by atoms with Gasteiger partial charge in [-0.3, -0.25) is 0 Å². The van der Waals surface area contributed by atoms with Gasteiger partial charge in [-0.25, -0.2) is 0 Å². The molecule has 2 N–H and O–H groups in total. The van der Waals surface area contributed by atoms with Gasteiger partial charge in [-0.2, -0.15) is 0 Å². The summed E-state index contributed by atoms with van der Waals surface area (Å²) < 4.78 is 0. The summed E-state index contributed by atoms with van der Waals surface area (Å²) in [6.07, 6.45) is 2.70. The maximum atomic E-state index is 10.8. The van der Waals surface area contributed by atoms with Gasteiger partial charge in [0.2, 0.25) is 0 Å². The van der Waals surface area contributed by atoms with Crippen LogP contribution in [0.15, 0.2) is 24.3 Å². The zero-order chi connectivity index (χ0) is 21.6. The second-order valence-corrected chi connectivity index (χ2v) is 12.1. The minimum Gasteiger partial charge on any atom is -0.508 e. The van der Waals surface area contributed by atoms with Crippen LogP contribution in [-0.4, -0.2) is 10.2 Å². The van der Waals surface area contributed by atoms with Crippen molar-refractivity contribution < 1.29 is 10.2 Å². The molecule has 0 aromatic heterocycles. The van der Waals surface area contributed by atoms with Crippen LogP contribution in [0.1, 0.15) is 102 Å². The highest BCUT2D eigenvalue weighted by molar-refractivity contribution is 5.56. The van der Waals surface area contributed by atoms with Crippen LogP contribution in [0.3, 0.4) is 0 Å². The molecule has 0 amide bonds. The number of aromatic hydroxyl groups is 2. The standard InChI is InChI=1S/C27H36O2/c1-24(2)14-26(5,6)20-12-22(28)16(10-18(20)24)9-17-11-19-21(13-23(17)29)27(7,8)15-25(19,3)4/h10-13,28-29H,9,14-15H2,1-8H3. The molecule has 2 aliphatic carbocycles. The average molecular weight is 393 g/mol. The maximum Gasteiger partial charge on any atom is 0.119 e. The third-order valence-corrected chi connectivity index (χ3v) is 7.50. The average Bonchev–Trinajstić information content (AvgIpc) is 2.83. The van der Waals surface area contributed by atoms with Gasteiger partial charge in [0, 0.05) is 6.42 Å². The number of phenolic OH excluding ortho intramolecular Hbond substituents is 2. The number of hydrogen-bond donors (Lipinski definition) is 2. The molecular weight excluding hydrogens is 356 g/mol. The first-order valence-electron chi connectivity index (χ1n) is 10.9. The van der Waals surface area contributed by atoms with Crippen LogP contribution in [0.5, 0.6) is 11.5 Å². The van der Waals surface area contributed by atoms with Crippen LogP contribution in [0, 0.1) is 0 Å². The SMILES string of the molecule is CC1(C)CC(C)(C)c2cc(Cc3cc4c(cc3O)C(C)(C)CC4(C)C)c(O)cc21. The van der Waals surface area contributed by atoms with Crippen LogP contribution in [0.25, 0.3) is 0 Å². The lowest BCUT2D eigenvalue weighted by Gasteiger charge is -2.22. The molecule has 0 unspecified atom stereocenters. The highest BCUT2D eigenvalue weighted by atomic mass is 16.3. The van der Waals surface area contributed by atoms with Crippen molar-refractivity contribution in [1.29, 1.82) is 0 Å². The topological polar surface area (TPSA) is 40.5 Å². The molecule has 2 aromatic carbocycles. The molecule has 2 aromatic rings. The second-order valence-electron chi connectivity index (χ2n) is 12.1. The van der Waals surface area contributed by atoms with E-state index in [1.165, 1.54) is 22.3 Å². The van der Waals surface area contributed by atoms with Crippen LogP contribution in [0.2, 0.25) is 0 Å². The van der Waals surface area contributed by atoms with Crippen molar-refractivity contribution in [2.75, 3.05) is 0 Å². The number of benzene rings is 2. The van der Waals surface area contributed by atoms with Gasteiger partial charge in [0.25, 0.3) is 0 Å². The molecule has 0 saturated heterocycles. The van der Waals surface area contributed by atoms with Gasteiger partial charge in [0.15, 0.2) is 0 Å². The highest BCUT2D eigenvalue weighted by Gasteiger charge is 2.43. The van der Waals surface area contributed by atoms with Crippen molar-refractivity contribution in [3.05, 3.63) is 57.6 Å². The largest absolute Gasteiger partial charge is 0.508 e. The fraction of sp³-hybridized carbons (Fsp3) is 0.556. The molecule has 0 aliphatic heterocycles. The molecule has 0 radical (unpaired) electrons. The van der Waals surface area contributed by atoms with E-state index in [2.05, 4.69) is 67.5 Å². The van der Waals surface area contributed by atoms with E-state index < -0.39 is 0 Å². The quantitative estimate of drug-likeness (QED) is 0.604. The summed E-state index contributed by atoms with van der Waals surface area (Å²) in [6.45, 7) is 18.2. The predicted octanol–water partition coefficient (Wildman–Crippen LogP) is 6.61. The predicted molar refractivity (Wildman–Crippen MR) is 120 cm³/mol. The molecule has 4 rings (SSSR count). The van der Waals surface area contributed by atoms with Gasteiger partial charge in [0.05, 0.1) is 0 Å². The Hall–Kier alpha value is -1.96. The van der Waals surface area contributed by atoms with Gasteiger partial charge >= 0.3 is 0 Å². The molecule has 156 valence electrons. The Labute approximate surface area is 176 Å². The van der Waals surface area contributed by atoms with E-state index in [0.717, 1.165) is 24.0 Å². The first-order valence-corrected chi connectivity index (χ1v) is 10.9. The van der Waals surface area contributed by atoms with Gasteiger partial charge in [-0.1, -0.05) is 67.5 Å². The fourth-order valence-corrected chi connectivity index (χ4v) is 6.58. The molecule has 0 fully saturated rings. The lowest BCUT2D eigenvalue weighted by Crippen LogP contribution is -2.18. The maximum absolute atomic E-state index is 10.8. The molecule has 2 heteroatoms. The summed E-state index contributed by atoms with van der Waals surface area (Å²) in [5.41, 5.74) is 7.30. The van der Waals surface area contributed by atoms with Gasteiger partial charge in [-0.15, -0.1) is 0 Å². The van der Waals surface area contributed by atoms with Crippen molar-refractivity contribution in [3.63, 3.8) is 0 Å². The van der Waals surface area contributed by atoms with Crippen LogP contribution in [-0.2, 0) is 28.1 Å². The monoisotopic (exact) mass is 392 g/mol. The van der Waals surface area contributed by atoms with Crippen molar-refractivity contribution in [2.45, 2.75) is 96.3 Å². The highest BCUT2D eigenvalue weighted by Crippen LogP contribution is 2.53. The van der Waals surface area contributed by atoms with Gasteiger partial charge in [0.1, 0.15) is 11.5 Å². The molecule has 0 atom stereocenters. The Balaban J connectivity index is 1.79. The fourth-order valence-electron chi connectivity index (χ4n) is 6.58. The van der Waals surface area contributed by atoms with Crippen molar-refractivity contribution >= 4 is 0 Å².